The smallest absolute Gasteiger partial charge is 0.337 e. The van der Waals surface area contributed by atoms with Crippen molar-refractivity contribution in [3.63, 3.8) is 0 Å². The Kier molecular flexibility index (Phi) is 4.78. The third kappa shape index (κ3) is 3.48. The molecular formula is C24H21N3O4. The first kappa shape index (κ1) is 19.1. The monoisotopic (exact) mass is 415 g/mol. The van der Waals surface area contributed by atoms with Crippen LogP contribution in [0.15, 0.2) is 64.1 Å². The molecule has 31 heavy (non-hydrogen) atoms. The lowest BCUT2D eigenvalue weighted by molar-refractivity contribution is 0.0774. The number of nitrogens with one attached hydrogen (secondary N) is 1. The Labute approximate surface area is 178 Å². The summed E-state index contributed by atoms with van der Waals surface area (Å²) >= 11 is 0. The van der Waals surface area contributed by atoms with Crippen molar-refractivity contribution in [2.75, 3.05) is 19.7 Å². The van der Waals surface area contributed by atoms with E-state index in [2.05, 4.69) is 16.0 Å². The van der Waals surface area contributed by atoms with Crippen molar-refractivity contribution >= 4 is 33.5 Å². The molecule has 0 fully saturated rings. The highest BCUT2D eigenvalue weighted by Crippen LogP contribution is 2.29. The molecule has 1 aliphatic rings. The van der Waals surface area contributed by atoms with Gasteiger partial charge in [-0.1, -0.05) is 6.08 Å². The molecule has 3 aromatic heterocycles. The number of hydrogen-bond donors (Lipinski definition) is 1. The number of benzene rings is 1. The zero-order chi connectivity index (χ0) is 21.4. The molecule has 0 spiro atoms. The molecule has 156 valence electrons. The van der Waals surface area contributed by atoms with Crippen molar-refractivity contribution in [2.24, 2.45) is 0 Å². The van der Waals surface area contributed by atoms with Crippen molar-refractivity contribution < 1.29 is 13.9 Å². The van der Waals surface area contributed by atoms with Crippen LogP contribution in [0.3, 0.4) is 0 Å². The first-order chi connectivity index (χ1) is 15.1. The molecule has 7 heteroatoms. The molecule has 0 radical (unpaired) electrons. The van der Waals surface area contributed by atoms with Gasteiger partial charge in [-0.05, 0) is 43.2 Å². The van der Waals surface area contributed by atoms with Gasteiger partial charge in [-0.3, -0.25) is 4.79 Å². The molecule has 1 N–H and O–H groups in total. The number of carbonyl (C=O) groups excluding carboxylic acids is 1. The van der Waals surface area contributed by atoms with Crippen LogP contribution in [0, 0.1) is 0 Å². The number of pyridine rings is 1. The standard InChI is InChI=1S/C24H21N3O4/c1-2-30-16-5-6-17-19(13-22(28)31-21(17)12-16)24(29)27-10-7-15(8-11-27)20-14-26-23-18(20)4-3-9-25-23/h3-7,9,12-14H,2,8,10-11H2,1H3,(H,25,26). The minimum Gasteiger partial charge on any atom is -0.494 e. The van der Waals surface area contributed by atoms with Gasteiger partial charge in [0.15, 0.2) is 0 Å². The molecule has 0 saturated heterocycles. The average Bonchev–Trinajstić information content (AvgIpc) is 3.22. The fourth-order valence-corrected chi connectivity index (χ4v) is 4.07. The Balaban J connectivity index is 1.44. The summed E-state index contributed by atoms with van der Waals surface area (Å²) in [4.78, 5) is 34.6. The highest BCUT2D eigenvalue weighted by atomic mass is 16.5. The first-order valence-electron chi connectivity index (χ1n) is 10.3. The quantitative estimate of drug-likeness (QED) is 0.509. The first-order valence-corrected chi connectivity index (χ1v) is 10.3. The molecule has 1 amide bonds. The summed E-state index contributed by atoms with van der Waals surface area (Å²) in [6, 6.07) is 10.4. The Morgan fingerprint density at radius 2 is 2.16 bits per heavy atom. The van der Waals surface area contributed by atoms with Gasteiger partial charge in [-0.25, -0.2) is 9.78 Å². The van der Waals surface area contributed by atoms with E-state index in [0.717, 1.165) is 23.0 Å². The predicted octanol–water partition coefficient (Wildman–Crippen LogP) is 4.00. The van der Waals surface area contributed by atoms with Gasteiger partial charge in [-0.2, -0.15) is 0 Å². The fourth-order valence-electron chi connectivity index (χ4n) is 4.07. The number of carbonyl (C=O) groups is 1. The Bertz CT molecular complexity index is 1380. The largest absolute Gasteiger partial charge is 0.494 e. The van der Waals surface area contributed by atoms with E-state index >= 15 is 0 Å². The number of fused-ring (bicyclic) bond motifs is 2. The summed E-state index contributed by atoms with van der Waals surface area (Å²) in [7, 11) is 0. The van der Waals surface area contributed by atoms with E-state index in [-0.39, 0.29) is 5.91 Å². The molecule has 4 aromatic rings. The molecular weight excluding hydrogens is 394 g/mol. The van der Waals surface area contributed by atoms with E-state index < -0.39 is 5.63 Å². The molecule has 0 saturated carbocycles. The van der Waals surface area contributed by atoms with Crippen LogP contribution in [0.5, 0.6) is 5.75 Å². The van der Waals surface area contributed by atoms with Crippen LogP contribution in [0.2, 0.25) is 0 Å². The van der Waals surface area contributed by atoms with Gasteiger partial charge in [0.1, 0.15) is 17.0 Å². The molecule has 4 heterocycles. The molecule has 0 aliphatic carbocycles. The predicted molar refractivity (Wildman–Crippen MR) is 118 cm³/mol. The molecule has 0 atom stereocenters. The van der Waals surface area contributed by atoms with Gasteiger partial charge in [-0.15, -0.1) is 0 Å². The van der Waals surface area contributed by atoms with Gasteiger partial charge in [0.2, 0.25) is 0 Å². The Hall–Kier alpha value is -3.87. The van der Waals surface area contributed by atoms with Gasteiger partial charge in [0, 0.05) is 54.0 Å². The number of aromatic amines is 1. The second-order valence-electron chi connectivity index (χ2n) is 7.40. The zero-order valence-electron chi connectivity index (χ0n) is 17.1. The molecule has 7 nitrogen and oxygen atoms in total. The Morgan fingerprint density at radius 3 is 2.97 bits per heavy atom. The van der Waals surface area contributed by atoms with Gasteiger partial charge in [0.05, 0.1) is 12.2 Å². The van der Waals surface area contributed by atoms with Crippen LogP contribution in [0.4, 0.5) is 0 Å². The number of hydrogen-bond acceptors (Lipinski definition) is 5. The summed E-state index contributed by atoms with van der Waals surface area (Å²) in [5.74, 6) is 0.416. The van der Waals surface area contributed by atoms with Crippen LogP contribution in [-0.4, -0.2) is 40.5 Å². The lowest BCUT2D eigenvalue weighted by Gasteiger charge is -2.27. The maximum atomic E-state index is 13.3. The van der Waals surface area contributed by atoms with Crippen LogP contribution in [-0.2, 0) is 0 Å². The topological polar surface area (TPSA) is 88.4 Å². The molecule has 5 rings (SSSR count). The molecule has 1 aromatic carbocycles. The number of H-pyrrole nitrogens is 1. The van der Waals surface area contributed by atoms with Crippen molar-refractivity contribution in [1.29, 1.82) is 0 Å². The summed E-state index contributed by atoms with van der Waals surface area (Å²) in [5, 5.41) is 1.68. The fraction of sp³-hybridized carbons (Fsp3) is 0.208. The normalized spacial score (nSPS) is 14.1. The van der Waals surface area contributed by atoms with Crippen molar-refractivity contribution in [1.82, 2.24) is 14.9 Å². The summed E-state index contributed by atoms with van der Waals surface area (Å²) < 4.78 is 10.8. The SMILES string of the molecule is CCOc1ccc2c(C(=O)N3CC=C(c4c[nH]c5ncccc45)CC3)cc(=O)oc2c1. The molecule has 1 aliphatic heterocycles. The van der Waals surface area contributed by atoms with Crippen LogP contribution < -0.4 is 10.4 Å². The minimum atomic E-state index is -0.552. The third-order valence-electron chi connectivity index (χ3n) is 5.55. The minimum absolute atomic E-state index is 0.182. The van der Waals surface area contributed by atoms with E-state index in [1.165, 1.54) is 11.6 Å². The number of aromatic nitrogens is 2. The second kappa shape index (κ2) is 7.75. The maximum absolute atomic E-state index is 13.3. The molecule has 0 bridgehead atoms. The number of ether oxygens (including phenoxy) is 1. The van der Waals surface area contributed by atoms with E-state index in [9.17, 15) is 9.59 Å². The lowest BCUT2D eigenvalue weighted by Crippen LogP contribution is -2.35. The van der Waals surface area contributed by atoms with Crippen LogP contribution in [0.25, 0.3) is 27.6 Å². The Morgan fingerprint density at radius 1 is 1.26 bits per heavy atom. The lowest BCUT2D eigenvalue weighted by atomic mass is 9.99. The average molecular weight is 415 g/mol. The maximum Gasteiger partial charge on any atom is 0.337 e. The van der Waals surface area contributed by atoms with Crippen LogP contribution in [0.1, 0.15) is 29.3 Å². The molecule has 0 unspecified atom stereocenters. The van der Waals surface area contributed by atoms with Gasteiger partial charge < -0.3 is 19.0 Å². The van der Waals surface area contributed by atoms with E-state index in [0.29, 0.717) is 42.0 Å². The van der Waals surface area contributed by atoms with Crippen LogP contribution >= 0.6 is 0 Å². The van der Waals surface area contributed by atoms with Crippen molar-refractivity contribution in [2.45, 2.75) is 13.3 Å². The number of amides is 1. The summed E-state index contributed by atoms with van der Waals surface area (Å²) in [6.45, 7) is 3.42. The number of rotatable bonds is 4. The highest BCUT2D eigenvalue weighted by Gasteiger charge is 2.23. The summed E-state index contributed by atoms with van der Waals surface area (Å²) in [6.07, 6.45) is 6.52. The van der Waals surface area contributed by atoms with Crippen molar-refractivity contribution in [3.05, 3.63) is 76.4 Å². The van der Waals surface area contributed by atoms with Crippen molar-refractivity contribution in [3.8, 4) is 5.75 Å². The summed E-state index contributed by atoms with van der Waals surface area (Å²) in [5.41, 5.74) is 3.30. The van der Waals surface area contributed by atoms with E-state index in [4.69, 9.17) is 9.15 Å². The third-order valence-corrected chi connectivity index (χ3v) is 5.55. The second-order valence-corrected chi connectivity index (χ2v) is 7.40. The zero-order valence-corrected chi connectivity index (χ0v) is 17.1. The van der Waals surface area contributed by atoms with Gasteiger partial charge in [0.25, 0.3) is 5.91 Å². The van der Waals surface area contributed by atoms with E-state index in [1.807, 2.05) is 25.3 Å². The number of nitrogens with zero attached hydrogens (tertiary/aromatic N) is 2. The van der Waals surface area contributed by atoms with Gasteiger partial charge >= 0.3 is 5.63 Å². The highest BCUT2D eigenvalue weighted by molar-refractivity contribution is 6.06. The van der Waals surface area contributed by atoms with E-state index in [1.54, 1.807) is 29.3 Å².